The maximum Gasteiger partial charge on any atom is 0.338 e. The SMILES string of the molecule is CN(C)c1ccc(S(=O)(=O)c2cc(C(=O)O)c(F)c(F)c2F)cc1. The Kier molecular flexibility index (Phi) is 4.57. The summed E-state index contributed by atoms with van der Waals surface area (Å²) >= 11 is 0. The van der Waals surface area contributed by atoms with E-state index in [2.05, 4.69) is 0 Å². The maximum absolute atomic E-state index is 13.9. The number of carboxylic acid groups (broad SMARTS) is 1. The zero-order valence-electron chi connectivity index (χ0n) is 12.5. The van der Waals surface area contributed by atoms with Crippen LogP contribution < -0.4 is 4.90 Å². The van der Waals surface area contributed by atoms with Crippen LogP contribution in [0.4, 0.5) is 18.9 Å². The number of sulfone groups is 1. The Balaban J connectivity index is 2.67. The molecule has 0 saturated heterocycles. The van der Waals surface area contributed by atoms with Crippen molar-refractivity contribution < 1.29 is 31.5 Å². The van der Waals surface area contributed by atoms with Gasteiger partial charge >= 0.3 is 5.97 Å². The summed E-state index contributed by atoms with van der Waals surface area (Å²) in [6.45, 7) is 0. The maximum atomic E-state index is 13.9. The normalized spacial score (nSPS) is 11.4. The first-order chi connectivity index (χ1) is 11.1. The molecule has 0 unspecified atom stereocenters. The third-order valence-electron chi connectivity index (χ3n) is 3.30. The minimum atomic E-state index is -4.57. The zero-order chi connectivity index (χ0) is 18.2. The van der Waals surface area contributed by atoms with Gasteiger partial charge < -0.3 is 10.0 Å². The Morgan fingerprint density at radius 3 is 2.00 bits per heavy atom. The average molecular weight is 359 g/mol. The van der Waals surface area contributed by atoms with E-state index in [1.54, 1.807) is 19.0 Å². The molecule has 0 atom stereocenters. The fourth-order valence-corrected chi connectivity index (χ4v) is 3.33. The lowest BCUT2D eigenvalue weighted by atomic mass is 10.2. The second kappa shape index (κ2) is 6.16. The lowest BCUT2D eigenvalue weighted by Crippen LogP contribution is -2.13. The van der Waals surface area contributed by atoms with Crippen molar-refractivity contribution in [2.45, 2.75) is 9.79 Å². The van der Waals surface area contributed by atoms with Gasteiger partial charge in [0.25, 0.3) is 0 Å². The van der Waals surface area contributed by atoms with Gasteiger partial charge in [0.2, 0.25) is 9.84 Å². The van der Waals surface area contributed by atoms with E-state index in [0.29, 0.717) is 5.69 Å². The molecule has 0 saturated carbocycles. The van der Waals surface area contributed by atoms with E-state index in [9.17, 15) is 26.4 Å². The molecule has 9 heteroatoms. The van der Waals surface area contributed by atoms with Crippen molar-refractivity contribution in [2.24, 2.45) is 0 Å². The molecule has 0 fully saturated rings. The van der Waals surface area contributed by atoms with Gasteiger partial charge in [-0.3, -0.25) is 0 Å². The molecule has 0 aliphatic carbocycles. The third-order valence-corrected chi connectivity index (χ3v) is 5.07. The molecular formula is C15H12F3NO4S. The van der Waals surface area contributed by atoms with Gasteiger partial charge in [-0.15, -0.1) is 0 Å². The number of benzene rings is 2. The van der Waals surface area contributed by atoms with Crippen LogP contribution in [0.3, 0.4) is 0 Å². The predicted molar refractivity (Wildman–Crippen MR) is 79.5 cm³/mol. The first-order valence-corrected chi connectivity index (χ1v) is 7.99. The van der Waals surface area contributed by atoms with Crippen molar-refractivity contribution in [3.8, 4) is 0 Å². The number of rotatable bonds is 4. The minimum absolute atomic E-state index is 0.269. The molecule has 2 rings (SSSR count). The van der Waals surface area contributed by atoms with Crippen LogP contribution in [0.1, 0.15) is 10.4 Å². The van der Waals surface area contributed by atoms with E-state index in [1.807, 2.05) is 0 Å². The van der Waals surface area contributed by atoms with E-state index in [0.717, 1.165) is 12.1 Å². The van der Waals surface area contributed by atoms with Crippen LogP contribution in [0.5, 0.6) is 0 Å². The fraction of sp³-hybridized carbons (Fsp3) is 0.133. The quantitative estimate of drug-likeness (QED) is 0.671. The smallest absolute Gasteiger partial charge is 0.338 e. The Morgan fingerprint density at radius 1 is 1.00 bits per heavy atom. The second-order valence-corrected chi connectivity index (χ2v) is 6.98. The topological polar surface area (TPSA) is 74.7 Å². The van der Waals surface area contributed by atoms with Crippen LogP contribution in [-0.4, -0.2) is 33.6 Å². The highest BCUT2D eigenvalue weighted by molar-refractivity contribution is 7.91. The molecule has 0 spiro atoms. The highest BCUT2D eigenvalue weighted by atomic mass is 32.2. The van der Waals surface area contributed by atoms with Gasteiger partial charge in [-0.1, -0.05) is 0 Å². The number of hydrogen-bond donors (Lipinski definition) is 1. The molecule has 24 heavy (non-hydrogen) atoms. The van der Waals surface area contributed by atoms with E-state index in [1.165, 1.54) is 12.1 Å². The number of halogens is 3. The molecule has 0 aliphatic heterocycles. The Bertz CT molecular complexity index is 909. The fourth-order valence-electron chi connectivity index (χ4n) is 1.98. The molecule has 0 amide bonds. The molecule has 0 bridgehead atoms. The van der Waals surface area contributed by atoms with Gasteiger partial charge in [0.1, 0.15) is 4.90 Å². The van der Waals surface area contributed by atoms with Crippen molar-refractivity contribution in [1.29, 1.82) is 0 Å². The van der Waals surface area contributed by atoms with Gasteiger partial charge in [-0.2, -0.15) is 0 Å². The number of carbonyl (C=O) groups is 1. The highest BCUT2D eigenvalue weighted by Gasteiger charge is 2.30. The predicted octanol–water partition coefficient (Wildman–Crippen LogP) is 2.70. The molecule has 128 valence electrons. The summed E-state index contributed by atoms with van der Waals surface area (Å²) in [7, 11) is -1.13. The van der Waals surface area contributed by atoms with Gasteiger partial charge in [-0.05, 0) is 30.3 Å². The number of aromatic carboxylic acids is 1. The minimum Gasteiger partial charge on any atom is -0.478 e. The van der Waals surface area contributed by atoms with Crippen molar-refractivity contribution in [3.63, 3.8) is 0 Å². The molecular weight excluding hydrogens is 347 g/mol. The first-order valence-electron chi connectivity index (χ1n) is 6.50. The Hall–Kier alpha value is -2.55. The Labute approximate surface area is 135 Å². The van der Waals surface area contributed by atoms with Crippen LogP contribution in [0, 0.1) is 17.5 Å². The molecule has 2 aromatic carbocycles. The van der Waals surface area contributed by atoms with E-state index >= 15 is 0 Å². The van der Waals surface area contributed by atoms with Crippen LogP contribution in [-0.2, 0) is 9.84 Å². The van der Waals surface area contributed by atoms with Crippen molar-refractivity contribution >= 4 is 21.5 Å². The standard InChI is InChI=1S/C15H12F3NO4S/c1-19(2)8-3-5-9(6-4-8)24(22,23)11-7-10(15(20)21)12(16)14(18)13(11)17/h3-7H,1-2H3,(H,20,21). The van der Waals surface area contributed by atoms with Crippen molar-refractivity contribution in [1.82, 2.24) is 0 Å². The lowest BCUT2D eigenvalue weighted by molar-refractivity contribution is 0.0690. The number of anilines is 1. The summed E-state index contributed by atoms with van der Waals surface area (Å²) in [4.78, 5) is 11.0. The van der Waals surface area contributed by atoms with Gasteiger partial charge in [-0.25, -0.2) is 26.4 Å². The molecule has 0 heterocycles. The monoisotopic (exact) mass is 359 g/mol. The van der Waals surface area contributed by atoms with E-state index in [-0.39, 0.29) is 11.0 Å². The van der Waals surface area contributed by atoms with Crippen molar-refractivity contribution in [2.75, 3.05) is 19.0 Å². The van der Waals surface area contributed by atoms with E-state index < -0.39 is 43.7 Å². The average Bonchev–Trinajstić information content (AvgIpc) is 2.52. The number of nitrogens with zero attached hydrogens (tertiary/aromatic N) is 1. The third kappa shape index (κ3) is 2.94. The van der Waals surface area contributed by atoms with Crippen LogP contribution in [0.15, 0.2) is 40.1 Å². The van der Waals surface area contributed by atoms with E-state index in [4.69, 9.17) is 5.11 Å². The van der Waals surface area contributed by atoms with Crippen molar-refractivity contribution in [3.05, 3.63) is 53.3 Å². The summed E-state index contributed by atoms with van der Waals surface area (Å²) < 4.78 is 65.7. The molecule has 1 N–H and O–H groups in total. The molecule has 2 aromatic rings. The van der Waals surface area contributed by atoms with Crippen LogP contribution >= 0.6 is 0 Å². The second-order valence-electron chi connectivity index (χ2n) is 5.06. The van der Waals surface area contributed by atoms with Crippen LogP contribution in [0.25, 0.3) is 0 Å². The lowest BCUT2D eigenvalue weighted by Gasteiger charge is -2.13. The van der Waals surface area contributed by atoms with Gasteiger partial charge in [0, 0.05) is 19.8 Å². The van der Waals surface area contributed by atoms with Gasteiger partial charge in [0.05, 0.1) is 10.5 Å². The number of carboxylic acids is 1. The summed E-state index contributed by atoms with van der Waals surface area (Å²) in [5.41, 5.74) is -0.608. The largest absolute Gasteiger partial charge is 0.478 e. The molecule has 0 aliphatic rings. The van der Waals surface area contributed by atoms with Gasteiger partial charge in [0.15, 0.2) is 17.5 Å². The van der Waals surface area contributed by atoms with Crippen LogP contribution in [0.2, 0.25) is 0 Å². The summed E-state index contributed by atoms with van der Waals surface area (Å²) in [5.74, 6) is -7.99. The highest BCUT2D eigenvalue weighted by Crippen LogP contribution is 2.29. The molecule has 0 aromatic heterocycles. The zero-order valence-corrected chi connectivity index (χ0v) is 13.4. The summed E-state index contributed by atoms with van der Waals surface area (Å²) in [6, 6.07) is 5.45. The molecule has 5 nitrogen and oxygen atoms in total. The summed E-state index contributed by atoms with van der Waals surface area (Å²) in [6.07, 6.45) is 0. The molecule has 0 radical (unpaired) electrons. The summed E-state index contributed by atoms with van der Waals surface area (Å²) in [5, 5.41) is 8.81. The number of hydrogen-bond acceptors (Lipinski definition) is 4. The first kappa shape index (κ1) is 17.8. The Morgan fingerprint density at radius 2 is 1.54 bits per heavy atom.